The molecule has 0 aliphatic carbocycles. The predicted octanol–water partition coefficient (Wildman–Crippen LogP) is 0.221. The van der Waals surface area contributed by atoms with Crippen LogP contribution in [-0.4, -0.2) is 22.9 Å². The quantitative estimate of drug-likeness (QED) is 0.551. The molecule has 0 rings (SSSR count). The number of aliphatic hydroxyl groups is 2. The summed E-state index contributed by atoms with van der Waals surface area (Å²) in [7, 11) is 0. The zero-order valence-corrected chi connectivity index (χ0v) is 4.88. The third-order valence-electron chi connectivity index (χ3n) is 0.952. The SMILES string of the molecule is [CH]CCCC(O)CO. The van der Waals surface area contributed by atoms with Crippen LogP contribution in [0.5, 0.6) is 0 Å². The lowest BCUT2D eigenvalue weighted by Crippen LogP contribution is -2.10. The smallest absolute Gasteiger partial charge is 0.0770 e. The van der Waals surface area contributed by atoms with Gasteiger partial charge in [0.25, 0.3) is 0 Å². The Balaban J connectivity index is 2.86. The van der Waals surface area contributed by atoms with Crippen molar-refractivity contribution in [3.8, 4) is 0 Å². The van der Waals surface area contributed by atoms with Crippen LogP contribution >= 0.6 is 0 Å². The maximum atomic E-state index is 8.68. The van der Waals surface area contributed by atoms with Crippen LogP contribution in [0.15, 0.2) is 0 Å². The van der Waals surface area contributed by atoms with Gasteiger partial charge < -0.3 is 10.2 Å². The summed E-state index contributed by atoms with van der Waals surface area (Å²) in [5.74, 6) is 0. The second-order valence-electron chi connectivity index (χ2n) is 1.77. The molecule has 0 amide bonds. The highest BCUT2D eigenvalue weighted by Gasteiger charge is 1.97. The maximum Gasteiger partial charge on any atom is 0.0770 e. The van der Waals surface area contributed by atoms with Crippen LogP contribution in [0.25, 0.3) is 0 Å². The van der Waals surface area contributed by atoms with E-state index in [4.69, 9.17) is 17.1 Å². The van der Waals surface area contributed by atoms with Crippen molar-refractivity contribution >= 4 is 0 Å². The number of aliphatic hydroxyl groups excluding tert-OH is 2. The van der Waals surface area contributed by atoms with Gasteiger partial charge in [0, 0.05) is 0 Å². The van der Waals surface area contributed by atoms with Crippen LogP contribution < -0.4 is 0 Å². The maximum absolute atomic E-state index is 8.68. The highest BCUT2D eigenvalue weighted by Crippen LogP contribution is 1.97. The summed E-state index contributed by atoms with van der Waals surface area (Å²) in [4.78, 5) is 0. The zero-order chi connectivity index (χ0) is 6.41. The Hall–Kier alpha value is -0.0800. The van der Waals surface area contributed by atoms with Crippen LogP contribution in [-0.2, 0) is 0 Å². The summed E-state index contributed by atoms with van der Waals surface area (Å²) >= 11 is 0. The van der Waals surface area contributed by atoms with E-state index in [-0.39, 0.29) is 6.61 Å². The molecule has 2 radical (unpaired) electrons. The second kappa shape index (κ2) is 5.06. The van der Waals surface area contributed by atoms with E-state index in [0.717, 1.165) is 6.42 Å². The number of unbranched alkanes of at least 4 members (excludes halogenated alkanes) is 1. The minimum atomic E-state index is -0.571. The lowest BCUT2D eigenvalue weighted by atomic mass is 10.2. The second-order valence-corrected chi connectivity index (χ2v) is 1.77. The van der Waals surface area contributed by atoms with Crippen molar-refractivity contribution in [1.82, 2.24) is 0 Å². The third kappa shape index (κ3) is 4.09. The Bertz CT molecular complexity index is 45.8. The molecule has 0 spiro atoms. The van der Waals surface area contributed by atoms with Crippen LogP contribution in [0.4, 0.5) is 0 Å². The van der Waals surface area contributed by atoms with Crippen LogP contribution in [0, 0.1) is 6.92 Å². The van der Waals surface area contributed by atoms with Gasteiger partial charge in [-0.1, -0.05) is 6.42 Å². The van der Waals surface area contributed by atoms with E-state index >= 15 is 0 Å². The molecule has 48 valence electrons. The van der Waals surface area contributed by atoms with E-state index in [2.05, 4.69) is 0 Å². The van der Waals surface area contributed by atoms with Gasteiger partial charge in [-0.3, -0.25) is 0 Å². The molecule has 2 nitrogen and oxygen atoms in total. The first-order valence-electron chi connectivity index (χ1n) is 2.80. The van der Waals surface area contributed by atoms with E-state index < -0.39 is 6.10 Å². The summed E-state index contributed by atoms with van der Waals surface area (Å²) in [6.45, 7) is 4.99. The molecule has 0 heterocycles. The fourth-order valence-electron chi connectivity index (χ4n) is 0.445. The van der Waals surface area contributed by atoms with Gasteiger partial charge in [0.15, 0.2) is 0 Å². The molecule has 8 heavy (non-hydrogen) atoms. The molecule has 0 aromatic carbocycles. The van der Waals surface area contributed by atoms with Crippen molar-refractivity contribution in [3.05, 3.63) is 6.92 Å². The Morgan fingerprint density at radius 2 is 2.12 bits per heavy atom. The van der Waals surface area contributed by atoms with Crippen molar-refractivity contribution in [3.63, 3.8) is 0 Å². The fraction of sp³-hybridized carbons (Fsp3) is 0.833. The molecule has 0 fully saturated rings. The molecule has 0 aromatic heterocycles. The van der Waals surface area contributed by atoms with Gasteiger partial charge in [-0.2, -0.15) is 0 Å². The summed E-state index contributed by atoms with van der Waals surface area (Å²) in [5, 5.41) is 17.0. The monoisotopic (exact) mass is 116 g/mol. The van der Waals surface area contributed by atoms with Crippen LogP contribution in [0.2, 0.25) is 0 Å². The van der Waals surface area contributed by atoms with Crippen molar-refractivity contribution in [1.29, 1.82) is 0 Å². The van der Waals surface area contributed by atoms with Gasteiger partial charge in [-0.05, 0) is 19.8 Å². The van der Waals surface area contributed by atoms with Gasteiger partial charge in [-0.15, -0.1) is 0 Å². The fourth-order valence-corrected chi connectivity index (χ4v) is 0.445. The Kier molecular flexibility index (Phi) is 5.01. The topological polar surface area (TPSA) is 40.5 Å². The minimum absolute atomic E-state index is 0.153. The van der Waals surface area contributed by atoms with Crippen molar-refractivity contribution in [2.45, 2.75) is 25.4 Å². The van der Waals surface area contributed by atoms with E-state index in [1.807, 2.05) is 0 Å². The molecule has 0 bridgehead atoms. The average Bonchev–Trinajstić information content (AvgIpc) is 1.83. The Labute approximate surface area is 50.2 Å². The molecule has 0 saturated carbocycles. The van der Waals surface area contributed by atoms with Crippen molar-refractivity contribution in [2.24, 2.45) is 0 Å². The number of rotatable bonds is 4. The summed E-state index contributed by atoms with van der Waals surface area (Å²) in [6.07, 6.45) is 1.39. The Morgan fingerprint density at radius 1 is 1.50 bits per heavy atom. The first kappa shape index (κ1) is 7.92. The third-order valence-corrected chi connectivity index (χ3v) is 0.952. The van der Waals surface area contributed by atoms with Gasteiger partial charge in [0.1, 0.15) is 0 Å². The zero-order valence-electron chi connectivity index (χ0n) is 4.88. The summed E-state index contributed by atoms with van der Waals surface area (Å²) < 4.78 is 0. The van der Waals surface area contributed by atoms with Gasteiger partial charge >= 0.3 is 0 Å². The van der Waals surface area contributed by atoms with Gasteiger partial charge in [-0.25, -0.2) is 0 Å². The van der Waals surface area contributed by atoms with E-state index in [1.54, 1.807) is 0 Å². The molecule has 0 aromatic rings. The summed E-state index contributed by atoms with van der Waals surface area (Å²) in [5.41, 5.74) is 0. The average molecular weight is 116 g/mol. The van der Waals surface area contributed by atoms with E-state index in [0.29, 0.717) is 12.8 Å². The minimum Gasteiger partial charge on any atom is -0.394 e. The first-order valence-corrected chi connectivity index (χ1v) is 2.80. The molecule has 0 saturated heterocycles. The Morgan fingerprint density at radius 3 is 2.50 bits per heavy atom. The molecule has 2 heteroatoms. The highest BCUT2D eigenvalue weighted by molar-refractivity contribution is 4.52. The molecular weight excluding hydrogens is 104 g/mol. The van der Waals surface area contributed by atoms with Crippen LogP contribution in [0.1, 0.15) is 19.3 Å². The molecular formula is C6H12O2. The standard InChI is InChI=1S/C6H12O2/c1-2-3-4-6(8)5-7/h1,6-8H,2-5H2. The first-order chi connectivity index (χ1) is 3.81. The lowest BCUT2D eigenvalue weighted by molar-refractivity contribution is 0.0868. The normalized spacial score (nSPS) is 13.9. The highest BCUT2D eigenvalue weighted by atomic mass is 16.3. The molecule has 2 N–H and O–H groups in total. The lowest BCUT2D eigenvalue weighted by Gasteiger charge is -2.02. The largest absolute Gasteiger partial charge is 0.394 e. The molecule has 1 atom stereocenters. The van der Waals surface area contributed by atoms with E-state index in [9.17, 15) is 0 Å². The molecule has 0 aliphatic rings. The summed E-state index contributed by atoms with van der Waals surface area (Å²) in [6, 6.07) is 0. The molecule has 1 unspecified atom stereocenters. The molecule has 0 aliphatic heterocycles. The number of hydrogen-bond donors (Lipinski definition) is 2. The van der Waals surface area contributed by atoms with Crippen molar-refractivity contribution in [2.75, 3.05) is 6.61 Å². The number of hydrogen-bond acceptors (Lipinski definition) is 2. The van der Waals surface area contributed by atoms with Crippen LogP contribution in [0.3, 0.4) is 0 Å². The van der Waals surface area contributed by atoms with E-state index in [1.165, 1.54) is 0 Å². The van der Waals surface area contributed by atoms with Crippen molar-refractivity contribution < 1.29 is 10.2 Å². The van der Waals surface area contributed by atoms with Gasteiger partial charge in [0.2, 0.25) is 0 Å². The van der Waals surface area contributed by atoms with Gasteiger partial charge in [0.05, 0.1) is 12.7 Å². The predicted molar refractivity (Wildman–Crippen MR) is 31.2 cm³/mol.